The predicted molar refractivity (Wildman–Crippen MR) is 86.6 cm³/mol. The summed E-state index contributed by atoms with van der Waals surface area (Å²) in [6.45, 7) is 2.97. The molecule has 0 amide bonds. The molecule has 19 heavy (non-hydrogen) atoms. The van der Waals surface area contributed by atoms with E-state index < -0.39 is 0 Å². The van der Waals surface area contributed by atoms with Crippen LogP contribution in [0.5, 0.6) is 0 Å². The van der Waals surface area contributed by atoms with Crippen molar-refractivity contribution in [2.75, 3.05) is 11.4 Å². The molecule has 3 rings (SSSR count). The number of guanidine groups is 1. The van der Waals surface area contributed by atoms with Gasteiger partial charge in [-0.25, -0.2) is 0 Å². The molecule has 1 aliphatic rings. The number of nitrogens with two attached hydrogens (primary N) is 1. The van der Waals surface area contributed by atoms with Gasteiger partial charge in [0.15, 0.2) is 5.96 Å². The van der Waals surface area contributed by atoms with Crippen molar-refractivity contribution in [2.45, 2.75) is 12.8 Å². The van der Waals surface area contributed by atoms with Crippen LogP contribution >= 0.6 is 28.3 Å². The number of anilines is 1. The Hall–Kier alpha value is -1.26. The van der Waals surface area contributed by atoms with E-state index in [1.165, 1.54) is 16.3 Å². The van der Waals surface area contributed by atoms with Crippen LogP contribution in [0, 0.1) is 5.41 Å². The number of fused-ring (bicyclic) bond motifs is 3. The molecule has 0 bridgehead atoms. The molecule has 0 saturated heterocycles. The molecule has 100 valence electrons. The van der Waals surface area contributed by atoms with E-state index in [2.05, 4.69) is 53.2 Å². The number of hydrogen-bond acceptors (Lipinski definition) is 1. The highest BCUT2D eigenvalue weighted by molar-refractivity contribution is 9.10. The number of rotatable bonds is 0. The number of halogens is 2. The molecular weight excluding hydrogens is 326 g/mol. The molecule has 2 aromatic rings. The lowest BCUT2D eigenvalue weighted by atomic mass is 9.96. The third kappa shape index (κ3) is 2.09. The molecule has 0 fully saturated rings. The van der Waals surface area contributed by atoms with Gasteiger partial charge in [0.05, 0.1) is 0 Å². The second kappa shape index (κ2) is 5.02. The van der Waals surface area contributed by atoms with Gasteiger partial charge >= 0.3 is 0 Å². The summed E-state index contributed by atoms with van der Waals surface area (Å²) >= 11 is 3.59. The van der Waals surface area contributed by atoms with E-state index in [4.69, 9.17) is 11.1 Å². The Bertz CT molecular complexity index is 656. The molecule has 1 atom stereocenters. The fraction of sp³-hybridized carbons (Fsp3) is 0.214. The van der Waals surface area contributed by atoms with Crippen LogP contribution in [0.4, 0.5) is 5.69 Å². The van der Waals surface area contributed by atoms with Crippen LogP contribution < -0.4 is 10.6 Å². The van der Waals surface area contributed by atoms with Crippen molar-refractivity contribution in [2.24, 2.45) is 5.73 Å². The molecule has 5 heteroatoms. The maximum Gasteiger partial charge on any atom is 0.192 e. The monoisotopic (exact) mass is 339 g/mol. The van der Waals surface area contributed by atoms with Gasteiger partial charge in [0.2, 0.25) is 0 Å². The summed E-state index contributed by atoms with van der Waals surface area (Å²) in [5.41, 5.74) is 8.01. The Kier molecular flexibility index (Phi) is 3.74. The second-order valence-electron chi connectivity index (χ2n) is 4.73. The van der Waals surface area contributed by atoms with Crippen molar-refractivity contribution in [1.29, 1.82) is 5.41 Å². The summed E-state index contributed by atoms with van der Waals surface area (Å²) in [6.07, 6.45) is 0. The zero-order valence-electron chi connectivity index (χ0n) is 10.5. The van der Waals surface area contributed by atoms with Gasteiger partial charge < -0.3 is 10.6 Å². The molecule has 0 radical (unpaired) electrons. The highest BCUT2D eigenvalue weighted by Gasteiger charge is 2.28. The number of nitrogens with one attached hydrogen (secondary N) is 1. The highest BCUT2D eigenvalue weighted by atomic mass is 79.9. The van der Waals surface area contributed by atoms with Gasteiger partial charge in [-0.3, -0.25) is 5.41 Å². The van der Waals surface area contributed by atoms with Crippen LogP contribution in [0.25, 0.3) is 10.8 Å². The minimum Gasteiger partial charge on any atom is -0.370 e. The van der Waals surface area contributed by atoms with E-state index in [9.17, 15) is 0 Å². The molecule has 0 aliphatic carbocycles. The Morgan fingerprint density at radius 3 is 2.74 bits per heavy atom. The molecule has 3 nitrogen and oxygen atoms in total. The highest BCUT2D eigenvalue weighted by Crippen LogP contribution is 2.42. The lowest BCUT2D eigenvalue weighted by molar-refractivity contribution is 0.822. The van der Waals surface area contributed by atoms with Crippen LogP contribution in [0.2, 0.25) is 0 Å². The topological polar surface area (TPSA) is 53.1 Å². The molecule has 3 N–H and O–H groups in total. The van der Waals surface area contributed by atoms with Crippen molar-refractivity contribution in [1.82, 2.24) is 0 Å². The molecule has 1 aliphatic heterocycles. The van der Waals surface area contributed by atoms with Crippen molar-refractivity contribution in [3.05, 3.63) is 40.4 Å². The van der Waals surface area contributed by atoms with Crippen LogP contribution in [-0.2, 0) is 0 Å². The first kappa shape index (κ1) is 14.2. The maximum atomic E-state index is 7.66. The minimum atomic E-state index is 0. The quantitative estimate of drug-likeness (QED) is 0.565. The zero-order valence-corrected chi connectivity index (χ0v) is 12.9. The van der Waals surface area contributed by atoms with E-state index >= 15 is 0 Å². The smallest absolute Gasteiger partial charge is 0.192 e. The molecule has 0 saturated carbocycles. The van der Waals surface area contributed by atoms with E-state index in [1.807, 2.05) is 4.90 Å². The van der Waals surface area contributed by atoms with Gasteiger partial charge in [0.25, 0.3) is 0 Å². The van der Waals surface area contributed by atoms with E-state index in [0.717, 1.165) is 16.7 Å². The van der Waals surface area contributed by atoms with E-state index in [0.29, 0.717) is 5.92 Å². The largest absolute Gasteiger partial charge is 0.370 e. The van der Waals surface area contributed by atoms with Crippen LogP contribution in [0.3, 0.4) is 0 Å². The number of nitrogens with zero attached hydrogens (tertiary/aromatic N) is 1. The Balaban J connectivity index is 0.00000133. The summed E-state index contributed by atoms with van der Waals surface area (Å²) in [4.78, 5) is 1.88. The molecule has 0 spiro atoms. The molecule has 0 aromatic heterocycles. The van der Waals surface area contributed by atoms with Crippen molar-refractivity contribution in [3.8, 4) is 0 Å². The summed E-state index contributed by atoms with van der Waals surface area (Å²) in [5.74, 6) is 0.511. The van der Waals surface area contributed by atoms with Gasteiger partial charge in [0.1, 0.15) is 0 Å². The summed E-state index contributed by atoms with van der Waals surface area (Å²) in [7, 11) is 0. The summed E-state index contributed by atoms with van der Waals surface area (Å²) in [5, 5.41) is 10.1. The first-order valence-electron chi connectivity index (χ1n) is 5.92. The Morgan fingerprint density at radius 1 is 1.32 bits per heavy atom. The van der Waals surface area contributed by atoms with Gasteiger partial charge in [-0.1, -0.05) is 41.1 Å². The first-order chi connectivity index (χ1) is 8.59. The van der Waals surface area contributed by atoms with Crippen molar-refractivity contribution in [3.63, 3.8) is 0 Å². The normalized spacial score (nSPS) is 17.2. The standard InChI is InChI=1S/C14H14BrN3.ClH/c1-8-7-18(14(16)17)12-6-5-9-10(13(8)12)3-2-4-11(9)15;/h2-6,8H,7H2,1H3,(H3,16,17);1H. The fourth-order valence-corrected chi connectivity index (χ4v) is 3.27. The molecule has 1 unspecified atom stereocenters. The lowest BCUT2D eigenvalue weighted by Crippen LogP contribution is -2.35. The third-order valence-corrected chi connectivity index (χ3v) is 4.25. The third-order valence-electron chi connectivity index (χ3n) is 3.56. The van der Waals surface area contributed by atoms with Crippen LogP contribution in [0.15, 0.2) is 34.8 Å². The van der Waals surface area contributed by atoms with Crippen LogP contribution in [-0.4, -0.2) is 12.5 Å². The van der Waals surface area contributed by atoms with Gasteiger partial charge in [0, 0.05) is 22.6 Å². The van der Waals surface area contributed by atoms with Crippen molar-refractivity contribution < 1.29 is 0 Å². The number of benzene rings is 2. The SMILES string of the molecule is CC1CN(C(=N)N)c2ccc3c(Br)cccc3c21.Cl. The van der Waals surface area contributed by atoms with E-state index in [-0.39, 0.29) is 18.4 Å². The van der Waals surface area contributed by atoms with Gasteiger partial charge in [-0.05, 0) is 28.5 Å². The van der Waals surface area contributed by atoms with Crippen LogP contribution in [0.1, 0.15) is 18.4 Å². The average molecular weight is 341 g/mol. The van der Waals surface area contributed by atoms with Gasteiger partial charge in [-0.15, -0.1) is 12.4 Å². The van der Waals surface area contributed by atoms with Gasteiger partial charge in [-0.2, -0.15) is 0 Å². The zero-order chi connectivity index (χ0) is 12.9. The molecular formula is C14H15BrClN3. The number of hydrogen-bond donors (Lipinski definition) is 2. The second-order valence-corrected chi connectivity index (χ2v) is 5.58. The fourth-order valence-electron chi connectivity index (χ4n) is 2.78. The molecule has 1 heterocycles. The average Bonchev–Trinajstić information content (AvgIpc) is 2.68. The summed E-state index contributed by atoms with van der Waals surface area (Å²) in [6, 6.07) is 10.4. The Morgan fingerprint density at radius 2 is 2.05 bits per heavy atom. The first-order valence-corrected chi connectivity index (χ1v) is 6.71. The Labute approximate surface area is 126 Å². The molecule has 2 aromatic carbocycles. The van der Waals surface area contributed by atoms with E-state index in [1.54, 1.807) is 0 Å². The minimum absolute atomic E-state index is 0. The summed E-state index contributed by atoms with van der Waals surface area (Å²) < 4.78 is 1.11. The predicted octanol–water partition coefficient (Wildman–Crippen LogP) is 3.84. The maximum absolute atomic E-state index is 7.66. The lowest BCUT2D eigenvalue weighted by Gasteiger charge is -2.17. The van der Waals surface area contributed by atoms with Crippen molar-refractivity contribution >= 4 is 50.8 Å².